The number of anilines is 1. The van der Waals surface area contributed by atoms with E-state index in [0.29, 0.717) is 5.69 Å². The second-order valence-electron chi connectivity index (χ2n) is 2.84. The molecule has 0 bridgehead atoms. The Labute approximate surface area is 85.6 Å². The SMILES string of the molecule is Cc1cc(OCC(F)F)c(Cl)cc1N. The molecule has 0 fully saturated rings. The molecule has 0 aliphatic carbocycles. The summed E-state index contributed by atoms with van der Waals surface area (Å²) >= 11 is 5.74. The Morgan fingerprint density at radius 2 is 2.14 bits per heavy atom. The Morgan fingerprint density at radius 1 is 1.50 bits per heavy atom. The number of hydrogen-bond donors (Lipinski definition) is 1. The lowest BCUT2D eigenvalue weighted by Crippen LogP contribution is -2.07. The Morgan fingerprint density at radius 3 is 2.71 bits per heavy atom. The van der Waals surface area contributed by atoms with Crippen LogP contribution in [0.25, 0.3) is 0 Å². The van der Waals surface area contributed by atoms with Crippen LogP contribution in [0.4, 0.5) is 14.5 Å². The van der Waals surface area contributed by atoms with Crippen molar-refractivity contribution in [3.8, 4) is 5.75 Å². The highest BCUT2D eigenvalue weighted by Crippen LogP contribution is 2.29. The molecule has 0 saturated carbocycles. The van der Waals surface area contributed by atoms with Crippen LogP contribution in [0.1, 0.15) is 5.56 Å². The Balaban J connectivity index is 2.82. The van der Waals surface area contributed by atoms with Crippen LogP contribution in [0, 0.1) is 6.92 Å². The third-order valence-electron chi connectivity index (χ3n) is 1.69. The maximum Gasteiger partial charge on any atom is 0.272 e. The summed E-state index contributed by atoms with van der Waals surface area (Å²) in [5.41, 5.74) is 6.82. The van der Waals surface area contributed by atoms with E-state index in [0.717, 1.165) is 5.56 Å². The van der Waals surface area contributed by atoms with E-state index in [9.17, 15) is 8.78 Å². The predicted molar refractivity (Wildman–Crippen MR) is 52.1 cm³/mol. The Kier molecular flexibility index (Phi) is 3.52. The summed E-state index contributed by atoms with van der Waals surface area (Å²) in [6.07, 6.45) is -2.51. The first-order chi connectivity index (χ1) is 6.50. The van der Waals surface area contributed by atoms with E-state index < -0.39 is 13.0 Å². The number of nitrogen functional groups attached to an aromatic ring is 1. The van der Waals surface area contributed by atoms with Crippen molar-refractivity contribution in [2.75, 3.05) is 12.3 Å². The van der Waals surface area contributed by atoms with Gasteiger partial charge in [0.1, 0.15) is 12.4 Å². The molecule has 0 spiro atoms. The van der Waals surface area contributed by atoms with E-state index in [2.05, 4.69) is 0 Å². The minimum Gasteiger partial charge on any atom is -0.486 e. The Hall–Kier alpha value is -1.03. The smallest absolute Gasteiger partial charge is 0.272 e. The molecule has 0 atom stereocenters. The van der Waals surface area contributed by atoms with Crippen LogP contribution in [0.3, 0.4) is 0 Å². The molecule has 2 N–H and O–H groups in total. The highest BCUT2D eigenvalue weighted by molar-refractivity contribution is 6.32. The number of benzene rings is 1. The van der Waals surface area contributed by atoms with Crippen molar-refractivity contribution in [1.29, 1.82) is 0 Å². The quantitative estimate of drug-likeness (QED) is 0.797. The van der Waals surface area contributed by atoms with E-state index in [1.54, 1.807) is 13.0 Å². The van der Waals surface area contributed by atoms with Gasteiger partial charge in [0, 0.05) is 5.69 Å². The van der Waals surface area contributed by atoms with Gasteiger partial charge in [-0.1, -0.05) is 11.6 Å². The molecule has 0 aliphatic heterocycles. The second kappa shape index (κ2) is 4.46. The molecule has 1 aromatic carbocycles. The van der Waals surface area contributed by atoms with E-state index >= 15 is 0 Å². The molecule has 1 aromatic rings. The van der Waals surface area contributed by atoms with Crippen molar-refractivity contribution < 1.29 is 13.5 Å². The van der Waals surface area contributed by atoms with Gasteiger partial charge in [-0.3, -0.25) is 0 Å². The van der Waals surface area contributed by atoms with Gasteiger partial charge in [0.2, 0.25) is 0 Å². The van der Waals surface area contributed by atoms with Crippen LogP contribution >= 0.6 is 11.6 Å². The molecule has 0 heterocycles. The normalized spacial score (nSPS) is 10.6. The summed E-state index contributed by atoms with van der Waals surface area (Å²) in [5, 5.41) is 0.244. The van der Waals surface area contributed by atoms with Gasteiger partial charge < -0.3 is 10.5 Å². The van der Waals surface area contributed by atoms with Crippen molar-refractivity contribution in [1.82, 2.24) is 0 Å². The van der Waals surface area contributed by atoms with Crippen molar-refractivity contribution in [3.05, 3.63) is 22.7 Å². The largest absolute Gasteiger partial charge is 0.486 e. The first-order valence-electron chi connectivity index (χ1n) is 3.97. The monoisotopic (exact) mass is 221 g/mol. The number of rotatable bonds is 3. The molecule has 78 valence electrons. The fourth-order valence-electron chi connectivity index (χ4n) is 0.934. The zero-order chi connectivity index (χ0) is 10.7. The van der Waals surface area contributed by atoms with Gasteiger partial charge >= 0.3 is 0 Å². The highest BCUT2D eigenvalue weighted by Gasteiger charge is 2.08. The minimum absolute atomic E-state index is 0.235. The van der Waals surface area contributed by atoms with Gasteiger partial charge in [0.15, 0.2) is 0 Å². The molecule has 0 unspecified atom stereocenters. The summed E-state index contributed by atoms with van der Waals surface area (Å²) in [5.74, 6) is 0.235. The van der Waals surface area contributed by atoms with E-state index in [1.807, 2.05) is 0 Å². The van der Waals surface area contributed by atoms with Crippen LogP contribution in [0.5, 0.6) is 5.75 Å². The molecular weight excluding hydrogens is 212 g/mol. The number of hydrogen-bond acceptors (Lipinski definition) is 2. The van der Waals surface area contributed by atoms with E-state index in [-0.39, 0.29) is 10.8 Å². The lowest BCUT2D eigenvalue weighted by Gasteiger charge is -2.09. The molecule has 0 radical (unpaired) electrons. The summed E-state index contributed by atoms with van der Waals surface area (Å²) < 4.78 is 28.5. The molecule has 0 aromatic heterocycles. The van der Waals surface area contributed by atoms with Crippen LogP contribution in [0.15, 0.2) is 12.1 Å². The van der Waals surface area contributed by atoms with Crippen LogP contribution in [-0.4, -0.2) is 13.0 Å². The number of aryl methyl sites for hydroxylation is 1. The third-order valence-corrected chi connectivity index (χ3v) is 1.98. The van der Waals surface area contributed by atoms with Gasteiger partial charge in [-0.05, 0) is 24.6 Å². The number of nitrogens with two attached hydrogens (primary N) is 1. The van der Waals surface area contributed by atoms with Crippen LogP contribution in [-0.2, 0) is 0 Å². The summed E-state index contributed by atoms with van der Waals surface area (Å²) in [4.78, 5) is 0. The zero-order valence-corrected chi connectivity index (χ0v) is 8.31. The molecule has 5 heteroatoms. The molecule has 0 amide bonds. The molecule has 14 heavy (non-hydrogen) atoms. The van der Waals surface area contributed by atoms with Crippen molar-refractivity contribution in [2.45, 2.75) is 13.3 Å². The average Bonchev–Trinajstić information content (AvgIpc) is 2.09. The fourth-order valence-corrected chi connectivity index (χ4v) is 1.16. The lowest BCUT2D eigenvalue weighted by atomic mass is 10.2. The Bertz CT molecular complexity index is 331. The zero-order valence-electron chi connectivity index (χ0n) is 7.56. The molecule has 1 rings (SSSR count). The van der Waals surface area contributed by atoms with Crippen molar-refractivity contribution in [3.63, 3.8) is 0 Å². The maximum atomic E-state index is 11.8. The number of halogens is 3. The average molecular weight is 222 g/mol. The topological polar surface area (TPSA) is 35.2 Å². The van der Waals surface area contributed by atoms with Crippen LogP contribution in [0.2, 0.25) is 5.02 Å². The van der Waals surface area contributed by atoms with E-state index in [1.165, 1.54) is 6.07 Å². The first kappa shape index (κ1) is 11.0. The summed E-state index contributed by atoms with van der Waals surface area (Å²) in [7, 11) is 0. The van der Waals surface area contributed by atoms with Crippen molar-refractivity contribution >= 4 is 17.3 Å². The minimum atomic E-state index is -2.51. The molecule has 0 saturated heterocycles. The molecule has 0 aliphatic rings. The lowest BCUT2D eigenvalue weighted by molar-refractivity contribution is 0.0819. The fraction of sp³-hybridized carbons (Fsp3) is 0.333. The van der Waals surface area contributed by atoms with Gasteiger partial charge in [0.25, 0.3) is 6.43 Å². The first-order valence-corrected chi connectivity index (χ1v) is 4.35. The van der Waals surface area contributed by atoms with Crippen molar-refractivity contribution in [2.24, 2.45) is 0 Å². The van der Waals surface area contributed by atoms with Gasteiger partial charge in [-0.15, -0.1) is 0 Å². The molecular formula is C9H10ClF2NO. The summed E-state index contributed by atoms with van der Waals surface area (Å²) in [6.45, 7) is 1.09. The van der Waals surface area contributed by atoms with Gasteiger partial charge in [-0.25, -0.2) is 8.78 Å². The summed E-state index contributed by atoms with van der Waals surface area (Å²) in [6, 6.07) is 3.03. The number of alkyl halides is 2. The van der Waals surface area contributed by atoms with E-state index in [4.69, 9.17) is 22.1 Å². The molecule has 2 nitrogen and oxygen atoms in total. The number of ether oxygens (including phenoxy) is 1. The van der Waals surface area contributed by atoms with Gasteiger partial charge in [-0.2, -0.15) is 0 Å². The maximum absolute atomic E-state index is 11.8. The standard InChI is InChI=1S/C9H10ClF2NO/c1-5-2-8(14-4-9(11)12)6(10)3-7(5)13/h2-3,9H,4,13H2,1H3. The van der Waals surface area contributed by atoms with Gasteiger partial charge in [0.05, 0.1) is 5.02 Å². The third kappa shape index (κ3) is 2.73. The second-order valence-corrected chi connectivity index (χ2v) is 3.25. The highest BCUT2D eigenvalue weighted by atomic mass is 35.5. The van der Waals surface area contributed by atoms with Crippen LogP contribution < -0.4 is 10.5 Å². The predicted octanol–water partition coefficient (Wildman–Crippen LogP) is 2.87.